The zero-order valence-electron chi connectivity index (χ0n) is 18.1. The maximum Gasteiger partial charge on any atom is 0.305 e. The monoisotopic (exact) mass is 452 g/mol. The van der Waals surface area contributed by atoms with Gasteiger partial charge in [0.1, 0.15) is 0 Å². The molecule has 0 spiro atoms. The van der Waals surface area contributed by atoms with Crippen molar-refractivity contribution in [1.82, 2.24) is 0 Å². The molecule has 32 heavy (non-hydrogen) atoms. The lowest BCUT2D eigenvalue weighted by molar-refractivity contribution is -0.138. The highest BCUT2D eigenvalue weighted by molar-refractivity contribution is 8.01. The van der Waals surface area contributed by atoms with Crippen molar-refractivity contribution in [3.05, 3.63) is 53.1 Å². The van der Waals surface area contributed by atoms with Gasteiger partial charge in [-0.15, -0.1) is 11.8 Å². The highest BCUT2D eigenvalue weighted by atomic mass is 32.2. The van der Waals surface area contributed by atoms with Crippen molar-refractivity contribution in [2.75, 3.05) is 18.2 Å². The molecule has 0 fully saturated rings. The molecule has 0 aliphatic carbocycles. The number of rotatable bonds is 4. The molecule has 1 N–H and O–H groups in total. The van der Waals surface area contributed by atoms with Gasteiger partial charge in [-0.25, -0.2) is 0 Å². The van der Waals surface area contributed by atoms with E-state index >= 15 is 0 Å². The van der Waals surface area contributed by atoms with Gasteiger partial charge in [-0.05, 0) is 35.2 Å². The summed E-state index contributed by atoms with van der Waals surface area (Å²) in [6, 6.07) is 13.0. The van der Waals surface area contributed by atoms with E-state index in [1.165, 1.54) is 11.8 Å². The van der Waals surface area contributed by atoms with E-state index in [1.807, 2.05) is 39.0 Å². The van der Waals surface area contributed by atoms with Crippen LogP contribution in [0.2, 0.25) is 0 Å². The molecular weight excluding hydrogens is 428 g/mol. The van der Waals surface area contributed by atoms with Crippen molar-refractivity contribution < 1.29 is 24.2 Å². The van der Waals surface area contributed by atoms with Crippen molar-refractivity contribution >= 4 is 29.3 Å². The number of carboxylic acids is 1. The van der Waals surface area contributed by atoms with E-state index < -0.39 is 16.5 Å². The quantitative estimate of drug-likeness (QED) is 0.736. The number of para-hydroxylation sites is 1. The summed E-state index contributed by atoms with van der Waals surface area (Å²) >= 11 is 1.28. The number of amides is 1. The number of nitriles is 1. The average molecular weight is 453 g/mol. The first-order valence-corrected chi connectivity index (χ1v) is 11.2. The lowest BCUT2D eigenvalue weighted by atomic mass is 9.93. The molecule has 8 heteroatoms. The standard InChI is InChI=1S/C24H24N2O5S/c1-24(2,3)12-26-17-8-7-14(11-25)9-16(17)22(32-19(23(26)29)10-20(27)28)15-5-4-6-18-21(15)31-13-30-18/h4-9,19,22H,10,12-13H2,1-3H3,(H,27,28)/t19-,22-/m1/s1. The van der Waals surface area contributed by atoms with Crippen LogP contribution in [0.15, 0.2) is 36.4 Å². The maximum atomic E-state index is 13.6. The minimum Gasteiger partial charge on any atom is -0.481 e. The summed E-state index contributed by atoms with van der Waals surface area (Å²) in [7, 11) is 0. The molecule has 1 amide bonds. The summed E-state index contributed by atoms with van der Waals surface area (Å²) in [6.07, 6.45) is -0.299. The SMILES string of the molecule is CC(C)(C)CN1C(=O)[C@@H](CC(=O)O)S[C@H](c2cccc3c2OCO3)c2cc(C#N)ccc21. The van der Waals surface area contributed by atoms with Crippen LogP contribution in [0.25, 0.3) is 0 Å². The second-order valence-corrected chi connectivity index (χ2v) is 10.4. The summed E-state index contributed by atoms with van der Waals surface area (Å²) in [5.41, 5.74) is 2.51. The Kier molecular flexibility index (Phi) is 5.78. The number of anilines is 1. The molecule has 4 rings (SSSR count). The number of carbonyl (C=O) groups excluding carboxylic acids is 1. The van der Waals surface area contributed by atoms with Crippen LogP contribution < -0.4 is 14.4 Å². The fraction of sp³-hybridized carbons (Fsp3) is 0.375. The third-order valence-corrected chi connectivity index (χ3v) is 6.75. The van der Waals surface area contributed by atoms with Crippen molar-refractivity contribution in [3.63, 3.8) is 0 Å². The predicted octanol–water partition coefficient (Wildman–Crippen LogP) is 4.35. The second kappa shape index (κ2) is 8.40. The Morgan fingerprint density at radius 1 is 1.25 bits per heavy atom. The van der Waals surface area contributed by atoms with Gasteiger partial charge < -0.3 is 19.5 Å². The summed E-state index contributed by atoms with van der Waals surface area (Å²) in [4.78, 5) is 26.9. The lowest BCUT2D eigenvalue weighted by Gasteiger charge is -2.31. The van der Waals surface area contributed by atoms with E-state index in [0.29, 0.717) is 29.3 Å². The Hall–Kier alpha value is -3.18. The first-order chi connectivity index (χ1) is 15.2. The molecule has 0 bridgehead atoms. The van der Waals surface area contributed by atoms with Crippen LogP contribution in [0.3, 0.4) is 0 Å². The Morgan fingerprint density at radius 3 is 2.72 bits per heavy atom. The van der Waals surface area contributed by atoms with Crippen molar-refractivity contribution in [2.24, 2.45) is 5.41 Å². The molecule has 0 unspecified atom stereocenters. The fourth-order valence-corrected chi connectivity index (χ4v) is 5.48. The summed E-state index contributed by atoms with van der Waals surface area (Å²) in [5.74, 6) is -0.0838. The third kappa shape index (κ3) is 4.26. The van der Waals surface area contributed by atoms with Crippen molar-refractivity contribution in [1.29, 1.82) is 5.26 Å². The van der Waals surface area contributed by atoms with Gasteiger partial charge in [0.05, 0.1) is 28.6 Å². The number of fused-ring (bicyclic) bond motifs is 2. The van der Waals surface area contributed by atoms with Gasteiger partial charge in [-0.3, -0.25) is 9.59 Å². The maximum absolute atomic E-state index is 13.6. The van der Waals surface area contributed by atoms with Crippen molar-refractivity contribution in [2.45, 2.75) is 37.7 Å². The van der Waals surface area contributed by atoms with Crippen LogP contribution in [-0.2, 0) is 9.59 Å². The molecule has 2 aromatic carbocycles. The first kappa shape index (κ1) is 22.0. The average Bonchev–Trinajstić information content (AvgIpc) is 3.19. The molecule has 0 saturated heterocycles. The molecule has 0 radical (unpaired) electrons. The molecule has 2 atom stereocenters. The van der Waals surface area contributed by atoms with Crippen LogP contribution in [0.4, 0.5) is 5.69 Å². The number of hydrogen-bond donors (Lipinski definition) is 1. The fourth-order valence-electron chi connectivity index (χ4n) is 4.00. The van der Waals surface area contributed by atoms with Crippen LogP contribution in [0.5, 0.6) is 11.5 Å². The van der Waals surface area contributed by atoms with E-state index in [2.05, 4.69) is 6.07 Å². The first-order valence-electron chi connectivity index (χ1n) is 10.3. The Bertz CT molecular complexity index is 1120. The number of nitrogens with zero attached hydrogens (tertiary/aromatic N) is 2. The Morgan fingerprint density at radius 2 is 2.03 bits per heavy atom. The summed E-state index contributed by atoms with van der Waals surface area (Å²) in [6.45, 7) is 6.60. The van der Waals surface area contributed by atoms with E-state index in [0.717, 1.165) is 11.1 Å². The molecule has 166 valence electrons. The van der Waals surface area contributed by atoms with E-state index in [1.54, 1.807) is 23.1 Å². The zero-order valence-corrected chi connectivity index (χ0v) is 18.9. The van der Waals surface area contributed by atoms with Crippen LogP contribution >= 0.6 is 11.8 Å². The molecule has 2 heterocycles. The van der Waals surface area contributed by atoms with Gasteiger partial charge in [-0.2, -0.15) is 5.26 Å². The second-order valence-electron chi connectivity index (χ2n) is 9.05. The number of ether oxygens (including phenoxy) is 2. The van der Waals surface area contributed by atoms with Crippen molar-refractivity contribution in [3.8, 4) is 17.6 Å². The van der Waals surface area contributed by atoms with Gasteiger partial charge in [0, 0.05) is 17.8 Å². The van der Waals surface area contributed by atoms with E-state index in [4.69, 9.17) is 9.47 Å². The number of aliphatic carboxylic acids is 1. The smallest absolute Gasteiger partial charge is 0.305 e. The Labute approximate surface area is 190 Å². The van der Waals surface area contributed by atoms with Crippen LogP contribution in [-0.4, -0.2) is 35.6 Å². The number of carbonyl (C=O) groups is 2. The summed E-state index contributed by atoms with van der Waals surface area (Å²) < 4.78 is 11.3. The number of carboxylic acid groups (broad SMARTS) is 1. The van der Waals surface area contributed by atoms with Gasteiger partial charge in [0.25, 0.3) is 0 Å². The van der Waals surface area contributed by atoms with Crippen LogP contribution in [0.1, 0.15) is 49.1 Å². The normalized spacial score (nSPS) is 19.8. The zero-order chi connectivity index (χ0) is 23.0. The molecule has 2 aliphatic rings. The number of thioether (sulfide) groups is 1. The van der Waals surface area contributed by atoms with Gasteiger partial charge in [-0.1, -0.05) is 32.9 Å². The number of hydrogen-bond acceptors (Lipinski definition) is 6. The molecule has 0 aromatic heterocycles. The predicted molar refractivity (Wildman–Crippen MR) is 121 cm³/mol. The topological polar surface area (TPSA) is 99.9 Å². The minimum atomic E-state index is -1.04. The number of benzene rings is 2. The molecule has 2 aromatic rings. The highest BCUT2D eigenvalue weighted by Crippen LogP contribution is 2.52. The van der Waals surface area contributed by atoms with Gasteiger partial charge >= 0.3 is 5.97 Å². The van der Waals surface area contributed by atoms with Gasteiger partial charge in [0.2, 0.25) is 12.7 Å². The lowest BCUT2D eigenvalue weighted by Crippen LogP contribution is -2.42. The minimum absolute atomic E-state index is 0.0997. The summed E-state index contributed by atoms with van der Waals surface area (Å²) in [5, 5.41) is 17.9. The molecule has 7 nitrogen and oxygen atoms in total. The molecule has 0 saturated carbocycles. The van der Waals surface area contributed by atoms with Crippen LogP contribution in [0, 0.1) is 16.7 Å². The van der Waals surface area contributed by atoms with E-state index in [9.17, 15) is 20.0 Å². The molecule has 2 aliphatic heterocycles. The Balaban J connectivity index is 1.93. The van der Waals surface area contributed by atoms with E-state index in [-0.39, 0.29) is 24.5 Å². The third-order valence-electron chi connectivity index (χ3n) is 5.27. The molecular formula is C24H24N2O5S. The highest BCUT2D eigenvalue weighted by Gasteiger charge is 2.40. The largest absolute Gasteiger partial charge is 0.481 e. The van der Waals surface area contributed by atoms with Gasteiger partial charge in [0.15, 0.2) is 11.5 Å².